The highest BCUT2D eigenvalue weighted by atomic mass is 35.5. The van der Waals surface area contributed by atoms with Crippen molar-refractivity contribution in [1.82, 2.24) is 4.90 Å². The van der Waals surface area contributed by atoms with Gasteiger partial charge in [0.25, 0.3) is 0 Å². The zero-order valence-corrected chi connectivity index (χ0v) is 14.2. The molecule has 2 atom stereocenters. The smallest absolute Gasteiger partial charge is 0.411 e. The summed E-state index contributed by atoms with van der Waals surface area (Å²) in [6.45, 7) is 4.76. The summed E-state index contributed by atoms with van der Waals surface area (Å²) in [7, 11) is 0. The number of nitrogens with zero attached hydrogens (tertiary/aromatic N) is 1. The molecule has 8 heteroatoms. The molecule has 1 unspecified atom stereocenters. The number of halogens is 3. The topological polar surface area (TPSA) is 66.8 Å². The third-order valence-electron chi connectivity index (χ3n) is 3.70. The molecule has 0 aliphatic carbocycles. The Balaban J connectivity index is 2.33. The normalized spacial score (nSPS) is 21.0. The molecule has 0 saturated carbocycles. The molecule has 0 bridgehead atoms. The first-order valence-electron chi connectivity index (χ1n) is 7.37. The van der Waals surface area contributed by atoms with Crippen LogP contribution in [-0.4, -0.2) is 40.3 Å². The van der Waals surface area contributed by atoms with Crippen molar-refractivity contribution in [2.75, 3.05) is 6.54 Å². The van der Waals surface area contributed by atoms with Crippen LogP contribution in [0.1, 0.15) is 38.7 Å². The van der Waals surface area contributed by atoms with E-state index in [2.05, 4.69) is 0 Å². The summed E-state index contributed by atoms with van der Waals surface area (Å²) >= 11 is 5.69. The SMILES string of the molecule is CC(C)(C)OC(=O)N1C[C@@H](c2c(F)ccc(Cl)c2F)CC1C(=O)O. The molecule has 1 aromatic rings. The lowest BCUT2D eigenvalue weighted by Crippen LogP contribution is -2.43. The first-order valence-corrected chi connectivity index (χ1v) is 7.75. The summed E-state index contributed by atoms with van der Waals surface area (Å²) < 4.78 is 33.4. The largest absolute Gasteiger partial charge is 0.480 e. The highest BCUT2D eigenvalue weighted by Crippen LogP contribution is 2.37. The van der Waals surface area contributed by atoms with Crippen LogP contribution < -0.4 is 0 Å². The van der Waals surface area contributed by atoms with Gasteiger partial charge in [-0.15, -0.1) is 0 Å². The number of aliphatic carboxylic acids is 1. The molecule has 24 heavy (non-hydrogen) atoms. The van der Waals surface area contributed by atoms with Gasteiger partial charge in [0.2, 0.25) is 0 Å². The fourth-order valence-corrected chi connectivity index (χ4v) is 2.88. The second kappa shape index (κ2) is 6.55. The van der Waals surface area contributed by atoms with Crippen LogP contribution in [0.2, 0.25) is 5.02 Å². The van der Waals surface area contributed by atoms with E-state index in [9.17, 15) is 23.5 Å². The molecule has 5 nitrogen and oxygen atoms in total. The lowest BCUT2D eigenvalue weighted by molar-refractivity contribution is -0.142. The highest BCUT2D eigenvalue weighted by Gasteiger charge is 2.43. The summed E-state index contributed by atoms with van der Waals surface area (Å²) in [6, 6.07) is 0.889. The van der Waals surface area contributed by atoms with E-state index in [-0.39, 0.29) is 23.6 Å². The molecule has 1 aromatic carbocycles. The zero-order valence-electron chi connectivity index (χ0n) is 13.5. The van der Waals surface area contributed by atoms with Crippen LogP contribution in [0.3, 0.4) is 0 Å². The first-order chi connectivity index (χ1) is 11.0. The fraction of sp³-hybridized carbons (Fsp3) is 0.500. The summed E-state index contributed by atoms with van der Waals surface area (Å²) in [4.78, 5) is 24.6. The molecule has 1 aliphatic heterocycles. The maximum absolute atomic E-state index is 14.2. The molecular weight excluding hydrogens is 344 g/mol. The Hall–Kier alpha value is -1.89. The van der Waals surface area contributed by atoms with Gasteiger partial charge in [0, 0.05) is 18.0 Å². The van der Waals surface area contributed by atoms with E-state index in [1.54, 1.807) is 20.8 Å². The van der Waals surface area contributed by atoms with Crippen LogP contribution in [0.5, 0.6) is 0 Å². The number of benzene rings is 1. The van der Waals surface area contributed by atoms with Gasteiger partial charge in [0.1, 0.15) is 23.3 Å². The minimum atomic E-state index is -1.26. The molecule has 0 aromatic heterocycles. The van der Waals surface area contributed by atoms with E-state index in [0.29, 0.717) is 0 Å². The van der Waals surface area contributed by atoms with Crippen molar-refractivity contribution in [3.05, 3.63) is 34.4 Å². The molecule has 1 amide bonds. The lowest BCUT2D eigenvalue weighted by Gasteiger charge is -2.26. The predicted octanol–water partition coefficient (Wildman–Crippen LogP) is 3.80. The zero-order chi connectivity index (χ0) is 18.2. The van der Waals surface area contributed by atoms with Crippen LogP contribution >= 0.6 is 11.6 Å². The van der Waals surface area contributed by atoms with Crippen molar-refractivity contribution in [1.29, 1.82) is 0 Å². The maximum Gasteiger partial charge on any atom is 0.411 e. The Labute approximate surface area is 143 Å². The highest BCUT2D eigenvalue weighted by molar-refractivity contribution is 6.30. The minimum absolute atomic E-state index is 0.122. The van der Waals surface area contributed by atoms with Crippen LogP contribution in [0.25, 0.3) is 0 Å². The molecule has 1 saturated heterocycles. The molecule has 2 rings (SSSR count). The van der Waals surface area contributed by atoms with Crippen molar-refractivity contribution in [3.8, 4) is 0 Å². The number of carbonyl (C=O) groups is 2. The van der Waals surface area contributed by atoms with Crippen molar-refractivity contribution in [2.45, 2.75) is 44.8 Å². The number of hydrogen-bond acceptors (Lipinski definition) is 3. The van der Waals surface area contributed by atoms with Crippen molar-refractivity contribution in [3.63, 3.8) is 0 Å². The molecular formula is C16H18ClF2NO4. The van der Waals surface area contributed by atoms with Crippen molar-refractivity contribution in [2.24, 2.45) is 0 Å². The number of rotatable bonds is 2. The third kappa shape index (κ3) is 3.77. The van der Waals surface area contributed by atoms with Crippen LogP contribution in [0, 0.1) is 11.6 Å². The summed E-state index contributed by atoms with van der Waals surface area (Å²) in [6.07, 6.45) is -0.955. The number of carboxylic acids is 1. The third-order valence-corrected chi connectivity index (χ3v) is 3.99. The molecule has 1 heterocycles. The van der Waals surface area contributed by atoms with Gasteiger partial charge in [0.05, 0.1) is 5.02 Å². The Kier molecular flexibility index (Phi) is 5.03. The summed E-state index contributed by atoms with van der Waals surface area (Å²) in [5.74, 6) is -3.84. The molecule has 1 fully saturated rings. The Bertz CT molecular complexity index is 675. The van der Waals surface area contributed by atoms with Crippen LogP contribution in [0.15, 0.2) is 12.1 Å². The van der Waals surface area contributed by atoms with Crippen molar-refractivity contribution < 1.29 is 28.2 Å². The van der Waals surface area contributed by atoms with Gasteiger partial charge in [0.15, 0.2) is 0 Å². The summed E-state index contributed by atoms with van der Waals surface area (Å²) in [5.41, 5.74) is -1.12. The molecule has 0 radical (unpaired) electrons. The van der Waals surface area contributed by atoms with E-state index in [1.807, 2.05) is 0 Å². The second-order valence-electron chi connectivity index (χ2n) is 6.68. The standard InChI is InChI=1S/C16H18ClF2NO4/c1-16(2,3)24-15(23)20-7-8(6-11(20)14(21)22)12-10(18)5-4-9(17)13(12)19/h4-5,8,11H,6-7H2,1-3H3,(H,21,22)/t8-,11?/m0/s1. The Morgan fingerprint density at radius 2 is 1.96 bits per heavy atom. The van der Waals surface area contributed by atoms with Crippen LogP contribution in [-0.2, 0) is 9.53 Å². The van der Waals surface area contributed by atoms with Gasteiger partial charge in [-0.25, -0.2) is 18.4 Å². The van der Waals surface area contributed by atoms with Gasteiger partial charge >= 0.3 is 12.1 Å². The van der Waals surface area contributed by atoms with E-state index >= 15 is 0 Å². The quantitative estimate of drug-likeness (QED) is 0.814. The molecule has 1 aliphatic rings. The lowest BCUT2D eigenvalue weighted by atomic mass is 9.95. The number of likely N-dealkylation sites (tertiary alicyclic amines) is 1. The van der Waals surface area contributed by atoms with E-state index < -0.39 is 41.3 Å². The minimum Gasteiger partial charge on any atom is -0.480 e. The molecule has 1 N–H and O–H groups in total. The number of ether oxygens (including phenoxy) is 1. The van der Waals surface area contributed by atoms with Gasteiger partial charge in [-0.2, -0.15) is 0 Å². The molecule has 0 spiro atoms. The predicted molar refractivity (Wildman–Crippen MR) is 83.1 cm³/mol. The average molecular weight is 362 g/mol. The maximum atomic E-state index is 14.2. The van der Waals surface area contributed by atoms with E-state index in [1.165, 1.54) is 0 Å². The summed E-state index contributed by atoms with van der Waals surface area (Å²) in [5, 5.41) is 9.07. The van der Waals surface area contributed by atoms with Crippen molar-refractivity contribution >= 4 is 23.7 Å². The number of hydrogen-bond donors (Lipinski definition) is 1. The Morgan fingerprint density at radius 3 is 2.50 bits per heavy atom. The van der Waals surface area contributed by atoms with Crippen LogP contribution in [0.4, 0.5) is 13.6 Å². The van der Waals surface area contributed by atoms with Gasteiger partial charge < -0.3 is 9.84 Å². The second-order valence-corrected chi connectivity index (χ2v) is 7.08. The number of carbonyl (C=O) groups excluding carboxylic acids is 1. The van der Waals surface area contributed by atoms with Gasteiger partial charge in [-0.1, -0.05) is 11.6 Å². The number of amides is 1. The van der Waals surface area contributed by atoms with Gasteiger partial charge in [-0.3, -0.25) is 4.90 Å². The van der Waals surface area contributed by atoms with Gasteiger partial charge in [-0.05, 0) is 39.3 Å². The fourth-order valence-electron chi connectivity index (χ4n) is 2.72. The first kappa shape index (κ1) is 18.4. The van der Waals surface area contributed by atoms with E-state index in [4.69, 9.17) is 16.3 Å². The number of carboxylic acid groups (broad SMARTS) is 1. The van der Waals surface area contributed by atoms with E-state index in [0.717, 1.165) is 17.0 Å². The average Bonchev–Trinajstić information content (AvgIpc) is 2.87. The monoisotopic (exact) mass is 361 g/mol. The Morgan fingerprint density at radius 1 is 1.33 bits per heavy atom. The molecule has 132 valence electrons.